The third kappa shape index (κ3) is 4.10. The van der Waals surface area contributed by atoms with Gasteiger partial charge in [-0.2, -0.15) is 0 Å². The van der Waals surface area contributed by atoms with E-state index in [9.17, 15) is 10.1 Å². The lowest BCUT2D eigenvalue weighted by Gasteiger charge is -2.32. The Morgan fingerprint density at radius 3 is 2.47 bits per heavy atom. The number of rotatable bonds is 7. The van der Waals surface area contributed by atoms with Crippen LogP contribution in [0.4, 0.5) is 5.69 Å². The molecular weight excluding hydrogens is 283 g/mol. The highest BCUT2D eigenvalue weighted by atomic mass is 35.5. The summed E-state index contributed by atoms with van der Waals surface area (Å²) in [6.07, 6.45) is 0. The number of thiophene rings is 1. The van der Waals surface area contributed by atoms with E-state index in [0.717, 1.165) is 18.0 Å². The van der Waals surface area contributed by atoms with E-state index in [0.29, 0.717) is 22.8 Å². The summed E-state index contributed by atoms with van der Waals surface area (Å²) in [4.78, 5) is 11.3. The minimum Gasteiger partial charge on any atom is -0.319 e. The molecule has 0 aliphatic heterocycles. The lowest BCUT2D eigenvalue weighted by Crippen LogP contribution is -2.46. The minimum atomic E-state index is -0.336. The second-order valence-corrected chi connectivity index (χ2v) is 5.85. The van der Waals surface area contributed by atoms with E-state index in [4.69, 9.17) is 23.2 Å². The van der Waals surface area contributed by atoms with Crippen LogP contribution in [0.5, 0.6) is 0 Å². The molecule has 0 saturated carbocycles. The predicted octanol–water partition coefficient (Wildman–Crippen LogP) is 3.08. The van der Waals surface area contributed by atoms with Crippen LogP contribution in [0.15, 0.2) is 11.4 Å². The zero-order valence-corrected chi connectivity index (χ0v) is 11.9. The maximum absolute atomic E-state index is 10.8. The summed E-state index contributed by atoms with van der Waals surface area (Å²) in [5, 5.41) is 12.6. The van der Waals surface area contributed by atoms with E-state index in [2.05, 4.69) is 0 Å². The van der Waals surface area contributed by atoms with Crippen molar-refractivity contribution in [1.82, 2.24) is 0 Å². The molecule has 0 aromatic carbocycles. The number of halogens is 2. The Kier molecular flexibility index (Phi) is 5.66. The number of nitrogens with zero attached hydrogens (tertiary/aromatic N) is 2. The molecule has 0 N–H and O–H groups in total. The van der Waals surface area contributed by atoms with Gasteiger partial charge in [0.15, 0.2) is 0 Å². The first kappa shape index (κ1) is 14.7. The first-order chi connectivity index (χ1) is 8.02. The van der Waals surface area contributed by atoms with Gasteiger partial charge in [0.1, 0.15) is 11.4 Å². The van der Waals surface area contributed by atoms with E-state index < -0.39 is 0 Å². The lowest BCUT2D eigenvalue weighted by atomic mass is 10.3. The van der Waals surface area contributed by atoms with Gasteiger partial charge in [-0.25, -0.2) is 0 Å². The van der Waals surface area contributed by atoms with E-state index in [1.807, 2.05) is 7.05 Å². The van der Waals surface area contributed by atoms with Gasteiger partial charge in [0, 0.05) is 6.07 Å². The van der Waals surface area contributed by atoms with Gasteiger partial charge in [0.05, 0.1) is 36.8 Å². The molecule has 0 aliphatic carbocycles. The van der Waals surface area contributed by atoms with Crippen molar-refractivity contribution < 1.29 is 9.41 Å². The Hall–Kier alpha value is -0.360. The van der Waals surface area contributed by atoms with Crippen LogP contribution in [0.2, 0.25) is 0 Å². The van der Waals surface area contributed by atoms with Crippen LogP contribution >= 0.6 is 34.5 Å². The van der Waals surface area contributed by atoms with Crippen molar-refractivity contribution in [2.45, 2.75) is 6.54 Å². The Bertz CT molecular complexity index is 378. The highest BCUT2D eigenvalue weighted by Gasteiger charge is 2.26. The first-order valence-electron chi connectivity index (χ1n) is 5.18. The van der Waals surface area contributed by atoms with Gasteiger partial charge >= 0.3 is 0 Å². The molecular formula is C10H15Cl2N2O2S+. The Labute approximate surface area is 114 Å². The Morgan fingerprint density at radius 2 is 2.00 bits per heavy atom. The molecule has 0 atom stereocenters. The predicted molar refractivity (Wildman–Crippen MR) is 72.0 cm³/mol. The third-order valence-corrected chi connectivity index (χ3v) is 3.93. The molecule has 1 aromatic heterocycles. The average molecular weight is 298 g/mol. The van der Waals surface area contributed by atoms with Crippen molar-refractivity contribution in [2.24, 2.45) is 0 Å². The largest absolute Gasteiger partial charge is 0.319 e. The van der Waals surface area contributed by atoms with Gasteiger partial charge in [-0.1, -0.05) is 0 Å². The number of quaternary nitrogens is 1. The van der Waals surface area contributed by atoms with Crippen LogP contribution in [0.25, 0.3) is 0 Å². The highest BCUT2D eigenvalue weighted by Crippen LogP contribution is 2.27. The van der Waals surface area contributed by atoms with Crippen molar-refractivity contribution in [3.63, 3.8) is 0 Å². The van der Waals surface area contributed by atoms with Crippen LogP contribution < -0.4 is 0 Å². The summed E-state index contributed by atoms with van der Waals surface area (Å²) in [5.41, 5.74) is 0.198. The van der Waals surface area contributed by atoms with E-state index in [1.165, 1.54) is 11.3 Å². The average Bonchev–Trinajstić information content (AvgIpc) is 2.66. The molecule has 4 nitrogen and oxygen atoms in total. The van der Waals surface area contributed by atoms with Crippen LogP contribution in [-0.2, 0) is 6.54 Å². The molecule has 1 rings (SSSR count). The van der Waals surface area contributed by atoms with Crippen molar-refractivity contribution in [3.05, 3.63) is 26.4 Å². The summed E-state index contributed by atoms with van der Waals surface area (Å²) < 4.78 is 0.633. The Morgan fingerprint density at radius 1 is 1.41 bits per heavy atom. The van der Waals surface area contributed by atoms with Crippen LogP contribution in [0, 0.1) is 10.1 Å². The van der Waals surface area contributed by atoms with E-state index in [1.54, 1.807) is 11.4 Å². The summed E-state index contributed by atoms with van der Waals surface area (Å²) in [6, 6.07) is 1.55. The fourth-order valence-electron chi connectivity index (χ4n) is 1.64. The molecule has 0 saturated heterocycles. The molecule has 7 heteroatoms. The summed E-state index contributed by atoms with van der Waals surface area (Å²) in [7, 11) is 2.02. The molecule has 0 aliphatic rings. The van der Waals surface area contributed by atoms with Crippen LogP contribution in [-0.4, -0.2) is 41.3 Å². The smallest absolute Gasteiger partial charge is 0.288 e. The Balaban J connectivity index is 2.85. The van der Waals surface area contributed by atoms with Crippen molar-refractivity contribution >= 4 is 40.2 Å². The standard InChI is InChI=1S/C10H15Cl2N2O2S/c1-14(5-3-11,6-4-12)8-10-9(13(15)16)2-7-17-10/h2,7H,3-6,8H2,1H3/q+1. The van der Waals surface area contributed by atoms with Crippen molar-refractivity contribution in [3.8, 4) is 0 Å². The zero-order valence-electron chi connectivity index (χ0n) is 9.57. The molecule has 1 aromatic rings. The lowest BCUT2D eigenvalue weighted by molar-refractivity contribution is -0.917. The number of nitro groups is 1. The molecule has 0 radical (unpaired) electrons. The maximum atomic E-state index is 10.8. The van der Waals surface area contributed by atoms with Crippen LogP contribution in [0.3, 0.4) is 0 Å². The van der Waals surface area contributed by atoms with E-state index in [-0.39, 0.29) is 10.6 Å². The quantitative estimate of drug-likeness (QED) is 0.336. The van der Waals surface area contributed by atoms with Crippen LogP contribution in [0.1, 0.15) is 4.88 Å². The topological polar surface area (TPSA) is 43.1 Å². The van der Waals surface area contributed by atoms with Crippen molar-refractivity contribution in [2.75, 3.05) is 31.9 Å². The molecule has 17 heavy (non-hydrogen) atoms. The molecule has 0 fully saturated rings. The van der Waals surface area contributed by atoms with E-state index >= 15 is 0 Å². The molecule has 1 heterocycles. The minimum absolute atomic E-state index is 0.198. The first-order valence-corrected chi connectivity index (χ1v) is 7.13. The second kappa shape index (κ2) is 6.54. The number of alkyl halides is 2. The SMILES string of the molecule is C[N+](CCCl)(CCCl)Cc1sccc1[N+](=O)[O-]. The van der Waals surface area contributed by atoms with Gasteiger partial charge < -0.3 is 4.48 Å². The summed E-state index contributed by atoms with van der Waals surface area (Å²) >= 11 is 13.0. The van der Waals surface area contributed by atoms with Gasteiger partial charge in [-0.3, -0.25) is 10.1 Å². The highest BCUT2D eigenvalue weighted by molar-refractivity contribution is 7.10. The molecule has 96 valence electrons. The molecule has 0 amide bonds. The van der Waals surface area contributed by atoms with Crippen molar-refractivity contribution in [1.29, 1.82) is 0 Å². The summed E-state index contributed by atoms with van der Waals surface area (Å²) in [6.45, 7) is 2.11. The molecule has 0 bridgehead atoms. The second-order valence-electron chi connectivity index (χ2n) is 4.09. The third-order valence-electron chi connectivity index (χ3n) is 2.69. The summed E-state index contributed by atoms with van der Waals surface area (Å²) in [5.74, 6) is 1.04. The number of hydrogen-bond donors (Lipinski definition) is 0. The normalized spacial score (nSPS) is 11.7. The van der Waals surface area contributed by atoms with Gasteiger partial charge in [-0.15, -0.1) is 34.5 Å². The van der Waals surface area contributed by atoms with Gasteiger partial charge in [0.25, 0.3) is 5.69 Å². The fraction of sp³-hybridized carbons (Fsp3) is 0.600. The fourth-order valence-corrected chi connectivity index (χ4v) is 3.47. The maximum Gasteiger partial charge on any atom is 0.288 e. The number of hydrogen-bond acceptors (Lipinski definition) is 3. The van der Waals surface area contributed by atoms with Gasteiger partial charge in [-0.05, 0) is 5.38 Å². The molecule has 0 spiro atoms. The zero-order chi connectivity index (χ0) is 12.9. The monoisotopic (exact) mass is 297 g/mol. The van der Waals surface area contributed by atoms with Gasteiger partial charge in [0.2, 0.25) is 0 Å². The molecule has 0 unspecified atom stereocenters.